The molecule has 1 aromatic carbocycles. The molecule has 0 bridgehead atoms. The lowest BCUT2D eigenvalue weighted by molar-refractivity contribution is -0.118. The Hall–Kier alpha value is -1.44. The van der Waals surface area contributed by atoms with Crippen LogP contribution in [-0.4, -0.2) is 11.6 Å². The molecule has 0 radical (unpaired) electrons. The molecule has 0 aliphatic heterocycles. The van der Waals surface area contributed by atoms with Gasteiger partial charge in [0.15, 0.2) is 5.78 Å². The average molecular weight is 302 g/mol. The second-order valence-corrected chi connectivity index (χ2v) is 6.08. The summed E-state index contributed by atoms with van der Waals surface area (Å²) in [7, 11) is 0. The fraction of sp³-hybridized carbons (Fsp3) is 0.600. The topological polar surface area (TPSA) is 34.1 Å². The summed E-state index contributed by atoms with van der Waals surface area (Å²) in [6, 6.07) is 9.08. The van der Waals surface area contributed by atoms with Crippen LogP contribution in [0.4, 0.5) is 0 Å². The van der Waals surface area contributed by atoms with Crippen molar-refractivity contribution in [3.8, 4) is 0 Å². The molecule has 22 heavy (non-hydrogen) atoms. The summed E-state index contributed by atoms with van der Waals surface area (Å²) >= 11 is 0. The predicted octanol–water partition coefficient (Wildman–Crippen LogP) is 5.75. The maximum absolute atomic E-state index is 11.9. The zero-order valence-electron chi connectivity index (χ0n) is 14.0. The summed E-state index contributed by atoms with van der Waals surface area (Å²) < 4.78 is 0. The minimum absolute atomic E-state index is 0.0541. The lowest BCUT2D eigenvalue weighted by Crippen LogP contribution is -2.07. The highest BCUT2D eigenvalue weighted by Crippen LogP contribution is 2.12. The van der Waals surface area contributed by atoms with Gasteiger partial charge in [0.1, 0.15) is 5.78 Å². The fourth-order valence-corrected chi connectivity index (χ4v) is 2.63. The molecule has 1 rings (SSSR count). The van der Waals surface area contributed by atoms with Crippen molar-refractivity contribution in [2.24, 2.45) is 0 Å². The smallest absolute Gasteiger partial charge is 0.170 e. The number of benzene rings is 1. The number of Topliss-reactive ketones (excluding diaryl/α,β-unsaturated/α-hetero) is 2. The summed E-state index contributed by atoms with van der Waals surface area (Å²) in [6.45, 7) is 2.24. The first-order chi connectivity index (χ1) is 10.7. The molecular weight excluding hydrogens is 272 g/mol. The fourth-order valence-electron chi connectivity index (χ4n) is 2.63. The Morgan fingerprint density at radius 1 is 0.773 bits per heavy atom. The van der Waals surface area contributed by atoms with Gasteiger partial charge in [-0.3, -0.25) is 9.59 Å². The molecule has 0 N–H and O–H groups in total. The molecule has 0 aliphatic carbocycles. The third kappa shape index (κ3) is 8.76. The average Bonchev–Trinajstić information content (AvgIpc) is 2.54. The van der Waals surface area contributed by atoms with Gasteiger partial charge in [0, 0.05) is 12.0 Å². The van der Waals surface area contributed by atoms with E-state index in [4.69, 9.17) is 0 Å². The first kappa shape index (κ1) is 18.6. The number of unbranched alkanes of at least 4 members (excludes halogenated alkanes) is 8. The lowest BCUT2D eigenvalue weighted by atomic mass is 10.0. The van der Waals surface area contributed by atoms with Gasteiger partial charge in [-0.05, 0) is 6.42 Å². The second kappa shape index (κ2) is 12.1. The van der Waals surface area contributed by atoms with Gasteiger partial charge in [-0.25, -0.2) is 0 Å². The summed E-state index contributed by atoms with van der Waals surface area (Å²) in [5, 5.41) is 0. The van der Waals surface area contributed by atoms with Gasteiger partial charge < -0.3 is 0 Å². The molecule has 1 aromatic rings. The molecule has 0 aromatic heterocycles. The quantitative estimate of drug-likeness (QED) is 0.264. The largest absolute Gasteiger partial charge is 0.299 e. The first-order valence-corrected chi connectivity index (χ1v) is 8.84. The molecule has 0 unspecified atom stereocenters. The third-order valence-corrected chi connectivity index (χ3v) is 4.01. The molecule has 0 spiro atoms. The minimum atomic E-state index is -0.0541. The van der Waals surface area contributed by atoms with E-state index in [1.807, 2.05) is 18.2 Å². The normalized spacial score (nSPS) is 10.6. The third-order valence-electron chi connectivity index (χ3n) is 4.01. The Kier molecular flexibility index (Phi) is 10.3. The zero-order chi connectivity index (χ0) is 16.0. The van der Waals surface area contributed by atoms with E-state index < -0.39 is 0 Å². The molecule has 0 amide bonds. The number of ketones is 2. The van der Waals surface area contributed by atoms with Crippen LogP contribution in [0.15, 0.2) is 30.3 Å². The number of hydrogen-bond acceptors (Lipinski definition) is 2. The van der Waals surface area contributed by atoms with Gasteiger partial charge in [0.25, 0.3) is 0 Å². The molecular formula is C20H30O2. The van der Waals surface area contributed by atoms with Gasteiger partial charge in [0.2, 0.25) is 0 Å². The van der Waals surface area contributed by atoms with Gasteiger partial charge in [-0.2, -0.15) is 0 Å². The maximum Gasteiger partial charge on any atom is 0.170 e. The van der Waals surface area contributed by atoms with Crippen LogP contribution in [0.1, 0.15) is 87.9 Å². The number of carbonyl (C=O) groups is 2. The molecule has 2 nitrogen and oxygen atoms in total. The monoisotopic (exact) mass is 302 g/mol. The van der Waals surface area contributed by atoms with E-state index in [-0.39, 0.29) is 18.0 Å². The Morgan fingerprint density at radius 3 is 1.91 bits per heavy atom. The molecule has 0 heterocycles. The lowest BCUT2D eigenvalue weighted by Gasteiger charge is -2.03. The summed E-state index contributed by atoms with van der Waals surface area (Å²) in [5.41, 5.74) is 0.642. The van der Waals surface area contributed by atoms with Crippen molar-refractivity contribution in [2.45, 2.75) is 77.6 Å². The van der Waals surface area contributed by atoms with E-state index in [1.54, 1.807) is 12.1 Å². The highest BCUT2D eigenvalue weighted by Gasteiger charge is 2.10. The van der Waals surface area contributed by atoms with E-state index in [1.165, 1.54) is 44.9 Å². The molecule has 0 saturated heterocycles. The van der Waals surface area contributed by atoms with Crippen LogP contribution in [0.3, 0.4) is 0 Å². The Labute approximate surface area is 135 Å². The van der Waals surface area contributed by atoms with Gasteiger partial charge >= 0.3 is 0 Å². The minimum Gasteiger partial charge on any atom is -0.299 e. The van der Waals surface area contributed by atoms with Crippen LogP contribution in [0, 0.1) is 0 Å². The Bertz CT molecular complexity index is 423. The van der Waals surface area contributed by atoms with Gasteiger partial charge in [-0.15, -0.1) is 0 Å². The van der Waals surface area contributed by atoms with Crippen molar-refractivity contribution in [2.75, 3.05) is 0 Å². The van der Waals surface area contributed by atoms with E-state index in [0.29, 0.717) is 12.0 Å². The van der Waals surface area contributed by atoms with Crippen LogP contribution in [0.2, 0.25) is 0 Å². The number of carbonyl (C=O) groups excluding carboxylic acids is 2. The molecule has 0 atom stereocenters. The van der Waals surface area contributed by atoms with Crippen molar-refractivity contribution in [1.82, 2.24) is 0 Å². The van der Waals surface area contributed by atoms with Crippen LogP contribution in [0.25, 0.3) is 0 Å². The Balaban J connectivity index is 2.01. The van der Waals surface area contributed by atoms with Crippen molar-refractivity contribution in [3.63, 3.8) is 0 Å². The van der Waals surface area contributed by atoms with Crippen LogP contribution >= 0.6 is 0 Å². The maximum atomic E-state index is 11.9. The highest BCUT2D eigenvalue weighted by atomic mass is 16.1. The summed E-state index contributed by atoms with van der Waals surface area (Å²) in [4.78, 5) is 23.7. The van der Waals surface area contributed by atoms with Crippen molar-refractivity contribution < 1.29 is 9.59 Å². The second-order valence-electron chi connectivity index (χ2n) is 6.08. The van der Waals surface area contributed by atoms with Crippen molar-refractivity contribution in [1.29, 1.82) is 0 Å². The molecule has 2 heteroatoms. The molecule has 0 saturated carbocycles. The standard InChI is InChI=1S/C20H30O2/c1-2-3-4-5-6-7-8-9-13-16-19(21)17-20(22)18-14-11-10-12-15-18/h10-12,14-15H,2-9,13,16-17H2,1H3. The summed E-state index contributed by atoms with van der Waals surface area (Å²) in [6.07, 6.45) is 11.8. The van der Waals surface area contributed by atoms with Crippen LogP contribution < -0.4 is 0 Å². The van der Waals surface area contributed by atoms with E-state index in [0.717, 1.165) is 12.8 Å². The van der Waals surface area contributed by atoms with E-state index in [9.17, 15) is 9.59 Å². The molecule has 0 fully saturated rings. The van der Waals surface area contributed by atoms with Crippen molar-refractivity contribution in [3.05, 3.63) is 35.9 Å². The molecule has 0 aliphatic rings. The SMILES string of the molecule is CCCCCCCCCCCC(=O)CC(=O)c1ccccc1. The molecule has 122 valence electrons. The van der Waals surface area contributed by atoms with Crippen molar-refractivity contribution >= 4 is 11.6 Å². The summed E-state index contributed by atoms with van der Waals surface area (Å²) in [5.74, 6) is 0.0262. The van der Waals surface area contributed by atoms with Crippen LogP contribution in [-0.2, 0) is 4.79 Å². The van der Waals surface area contributed by atoms with Gasteiger partial charge in [-0.1, -0.05) is 88.6 Å². The predicted molar refractivity (Wildman–Crippen MR) is 92.2 cm³/mol. The van der Waals surface area contributed by atoms with E-state index >= 15 is 0 Å². The first-order valence-electron chi connectivity index (χ1n) is 8.84. The van der Waals surface area contributed by atoms with Crippen LogP contribution in [0.5, 0.6) is 0 Å². The Morgan fingerprint density at radius 2 is 1.32 bits per heavy atom. The zero-order valence-corrected chi connectivity index (χ0v) is 14.0. The highest BCUT2D eigenvalue weighted by molar-refractivity contribution is 6.07. The number of hydrogen-bond donors (Lipinski definition) is 0. The number of rotatable bonds is 13. The van der Waals surface area contributed by atoms with Gasteiger partial charge in [0.05, 0.1) is 6.42 Å². The van der Waals surface area contributed by atoms with E-state index in [2.05, 4.69) is 6.92 Å².